The summed E-state index contributed by atoms with van der Waals surface area (Å²) in [7, 11) is 0. The van der Waals surface area contributed by atoms with Crippen LogP contribution in [0.1, 0.15) is 17.5 Å². The van der Waals surface area contributed by atoms with Crippen LogP contribution in [-0.4, -0.2) is 40.1 Å². The Morgan fingerprint density at radius 2 is 2.40 bits per heavy atom. The van der Waals surface area contributed by atoms with Crippen LogP contribution in [0, 0.1) is 17.1 Å². The third-order valence-electron chi connectivity index (χ3n) is 3.32. The molecule has 1 aliphatic heterocycles. The van der Waals surface area contributed by atoms with Gasteiger partial charge in [-0.2, -0.15) is 17.0 Å². The summed E-state index contributed by atoms with van der Waals surface area (Å²) in [6.07, 6.45) is 0.0743. The smallest absolute Gasteiger partial charge is 0.304 e. The predicted octanol–water partition coefficient (Wildman–Crippen LogP) is 2.09. The first kappa shape index (κ1) is 14.8. The molecule has 0 radical (unpaired) electrons. The van der Waals surface area contributed by atoms with E-state index in [2.05, 4.69) is 0 Å². The highest BCUT2D eigenvalue weighted by molar-refractivity contribution is 7.99. The largest absolute Gasteiger partial charge is 0.481 e. The Bertz CT molecular complexity index is 544. The number of carbonyl (C=O) groups is 1. The zero-order valence-electron chi connectivity index (χ0n) is 10.9. The zero-order valence-corrected chi connectivity index (χ0v) is 11.7. The Balaban J connectivity index is 2.10. The lowest BCUT2D eigenvalue weighted by Gasteiger charge is -2.34. The number of aliphatic carboxylic acids is 1. The maximum atomic E-state index is 13.9. The number of carboxylic acids is 1. The number of halogens is 1. The second-order valence-electron chi connectivity index (χ2n) is 4.72. The molecule has 1 saturated heterocycles. The van der Waals surface area contributed by atoms with Gasteiger partial charge in [0.2, 0.25) is 0 Å². The summed E-state index contributed by atoms with van der Waals surface area (Å²) < 4.78 is 13.9. The van der Waals surface area contributed by atoms with E-state index in [0.717, 1.165) is 18.1 Å². The van der Waals surface area contributed by atoms with Crippen LogP contribution in [0.2, 0.25) is 0 Å². The van der Waals surface area contributed by atoms with E-state index in [1.807, 2.05) is 11.0 Å². The highest BCUT2D eigenvalue weighted by atomic mass is 32.2. The molecular weight excluding hydrogens is 279 g/mol. The van der Waals surface area contributed by atoms with Crippen molar-refractivity contribution in [1.29, 1.82) is 5.26 Å². The molecule has 106 valence electrons. The molecule has 4 nitrogen and oxygen atoms in total. The summed E-state index contributed by atoms with van der Waals surface area (Å²) in [6, 6.07) is 6.24. The van der Waals surface area contributed by atoms with Crippen molar-refractivity contribution < 1.29 is 14.3 Å². The number of carboxylic acid groups (broad SMARTS) is 1. The number of hydrogen-bond acceptors (Lipinski definition) is 4. The van der Waals surface area contributed by atoms with Crippen molar-refractivity contribution >= 4 is 17.7 Å². The van der Waals surface area contributed by atoms with E-state index in [-0.39, 0.29) is 12.5 Å². The summed E-state index contributed by atoms with van der Waals surface area (Å²) in [6.45, 7) is 1.14. The summed E-state index contributed by atoms with van der Waals surface area (Å²) in [4.78, 5) is 12.9. The van der Waals surface area contributed by atoms with Crippen molar-refractivity contribution in [2.24, 2.45) is 0 Å². The molecule has 0 spiro atoms. The summed E-state index contributed by atoms with van der Waals surface area (Å²) in [5, 5.41) is 17.6. The van der Waals surface area contributed by atoms with Crippen molar-refractivity contribution in [2.45, 2.75) is 19.0 Å². The van der Waals surface area contributed by atoms with Crippen LogP contribution in [0.5, 0.6) is 0 Å². The van der Waals surface area contributed by atoms with Gasteiger partial charge >= 0.3 is 5.97 Å². The van der Waals surface area contributed by atoms with Crippen LogP contribution in [-0.2, 0) is 11.3 Å². The molecule has 0 bridgehead atoms. The normalized spacial score (nSPS) is 19.5. The lowest BCUT2D eigenvalue weighted by Crippen LogP contribution is -2.43. The minimum Gasteiger partial charge on any atom is -0.481 e. The van der Waals surface area contributed by atoms with Gasteiger partial charge in [0.15, 0.2) is 0 Å². The first-order valence-electron chi connectivity index (χ1n) is 6.32. The summed E-state index contributed by atoms with van der Waals surface area (Å²) in [5.74, 6) is 0.442. The van der Waals surface area contributed by atoms with E-state index >= 15 is 0 Å². The van der Waals surface area contributed by atoms with Crippen molar-refractivity contribution in [1.82, 2.24) is 4.90 Å². The Hall–Kier alpha value is -1.58. The molecule has 0 amide bonds. The molecule has 1 unspecified atom stereocenters. The molecule has 1 aromatic rings. The first-order valence-corrected chi connectivity index (χ1v) is 7.47. The van der Waals surface area contributed by atoms with Gasteiger partial charge in [0.1, 0.15) is 5.82 Å². The molecule has 6 heteroatoms. The van der Waals surface area contributed by atoms with Crippen molar-refractivity contribution in [3.63, 3.8) is 0 Å². The van der Waals surface area contributed by atoms with E-state index in [0.29, 0.717) is 17.7 Å². The van der Waals surface area contributed by atoms with Crippen molar-refractivity contribution in [3.05, 3.63) is 35.1 Å². The highest BCUT2D eigenvalue weighted by Crippen LogP contribution is 2.22. The molecule has 20 heavy (non-hydrogen) atoms. The van der Waals surface area contributed by atoms with Crippen LogP contribution in [0.15, 0.2) is 18.2 Å². The number of benzene rings is 1. The Morgan fingerprint density at radius 3 is 3.05 bits per heavy atom. The average molecular weight is 294 g/mol. The molecule has 1 fully saturated rings. The van der Waals surface area contributed by atoms with Gasteiger partial charge in [0, 0.05) is 36.2 Å². The summed E-state index contributed by atoms with van der Waals surface area (Å²) in [5.41, 5.74) is 0.800. The van der Waals surface area contributed by atoms with Crippen molar-refractivity contribution in [2.75, 3.05) is 18.1 Å². The average Bonchev–Trinajstić information content (AvgIpc) is 2.42. The SMILES string of the molecule is N#Cc1ccc(CN2CCSCC2CC(=O)O)c(F)c1. The van der Waals surface area contributed by atoms with E-state index in [1.54, 1.807) is 23.9 Å². The number of nitriles is 1. The maximum Gasteiger partial charge on any atom is 0.304 e. The van der Waals surface area contributed by atoms with Gasteiger partial charge in [-0.25, -0.2) is 4.39 Å². The lowest BCUT2D eigenvalue weighted by atomic mass is 10.1. The highest BCUT2D eigenvalue weighted by Gasteiger charge is 2.25. The molecule has 1 aromatic carbocycles. The first-order chi connectivity index (χ1) is 9.60. The van der Waals surface area contributed by atoms with Gasteiger partial charge in [0.25, 0.3) is 0 Å². The number of nitrogens with zero attached hydrogens (tertiary/aromatic N) is 2. The van der Waals surface area contributed by atoms with E-state index < -0.39 is 11.8 Å². The third kappa shape index (κ3) is 3.71. The second kappa shape index (κ2) is 6.73. The Kier molecular flexibility index (Phi) is 4.99. The fourth-order valence-corrected chi connectivity index (χ4v) is 3.38. The van der Waals surface area contributed by atoms with Crippen molar-refractivity contribution in [3.8, 4) is 6.07 Å². The number of thioether (sulfide) groups is 1. The predicted molar refractivity (Wildman–Crippen MR) is 74.9 cm³/mol. The monoisotopic (exact) mass is 294 g/mol. The number of rotatable bonds is 4. The van der Waals surface area contributed by atoms with Gasteiger partial charge in [0.05, 0.1) is 18.1 Å². The van der Waals surface area contributed by atoms with Gasteiger partial charge in [-0.1, -0.05) is 6.07 Å². The van der Waals surface area contributed by atoms with Gasteiger partial charge in [-0.15, -0.1) is 0 Å². The minimum atomic E-state index is -0.831. The van der Waals surface area contributed by atoms with Gasteiger partial charge in [-0.05, 0) is 12.1 Å². The quantitative estimate of drug-likeness (QED) is 0.921. The van der Waals surface area contributed by atoms with E-state index in [4.69, 9.17) is 10.4 Å². The third-order valence-corrected chi connectivity index (χ3v) is 4.41. The molecule has 1 heterocycles. The maximum absolute atomic E-state index is 13.9. The van der Waals surface area contributed by atoms with Gasteiger partial charge < -0.3 is 5.11 Å². The molecule has 1 atom stereocenters. The zero-order chi connectivity index (χ0) is 14.5. The lowest BCUT2D eigenvalue weighted by molar-refractivity contribution is -0.138. The second-order valence-corrected chi connectivity index (χ2v) is 5.86. The van der Waals surface area contributed by atoms with E-state index in [9.17, 15) is 9.18 Å². The standard InChI is InChI=1S/C14H15FN2O2S/c15-13-5-10(7-16)1-2-11(13)8-17-3-4-20-9-12(17)6-14(18)19/h1-2,5,12H,3-4,6,8-9H2,(H,18,19). The fraction of sp³-hybridized carbons (Fsp3) is 0.429. The van der Waals surface area contributed by atoms with Gasteiger partial charge in [-0.3, -0.25) is 9.69 Å². The van der Waals surface area contributed by atoms with Crippen LogP contribution < -0.4 is 0 Å². The Labute approximate surface area is 121 Å². The fourth-order valence-electron chi connectivity index (χ4n) is 2.25. The van der Waals surface area contributed by atoms with Crippen LogP contribution >= 0.6 is 11.8 Å². The molecule has 2 rings (SSSR count). The van der Waals surface area contributed by atoms with Crippen LogP contribution in [0.3, 0.4) is 0 Å². The topological polar surface area (TPSA) is 64.3 Å². The van der Waals surface area contributed by atoms with E-state index in [1.165, 1.54) is 6.07 Å². The molecule has 1 N–H and O–H groups in total. The summed E-state index contributed by atoms with van der Waals surface area (Å²) >= 11 is 1.73. The number of hydrogen-bond donors (Lipinski definition) is 1. The molecule has 0 saturated carbocycles. The molecule has 0 aromatic heterocycles. The van der Waals surface area contributed by atoms with Crippen LogP contribution in [0.4, 0.5) is 4.39 Å². The Morgan fingerprint density at radius 1 is 1.60 bits per heavy atom. The molecule has 0 aliphatic carbocycles. The van der Waals surface area contributed by atoms with Crippen LogP contribution in [0.25, 0.3) is 0 Å². The minimum absolute atomic E-state index is 0.0682. The molecular formula is C14H15FN2O2S. The molecule has 1 aliphatic rings.